The molecule has 5 aromatic rings. The van der Waals surface area contributed by atoms with Gasteiger partial charge in [-0.25, -0.2) is 9.78 Å². The standard InChI is InChI=1S/C27H24N6O2/c1-18-6-10-22(11-7-18)29-27(34)30-23-12-8-20(9-13-23)15-33-16-24(28-17-33)26-31-25(32-35-26)21-5-3-4-19(2)14-21/h3-14,16-17H,15H2,1-2H3,(H2,29,30,34). The molecule has 2 aromatic heterocycles. The Bertz CT molecular complexity index is 1450. The third kappa shape index (κ3) is 5.44. The van der Waals surface area contributed by atoms with Crippen LogP contribution in [-0.4, -0.2) is 25.7 Å². The van der Waals surface area contributed by atoms with Gasteiger partial charge in [-0.2, -0.15) is 4.98 Å². The molecule has 5 rings (SSSR count). The van der Waals surface area contributed by atoms with Crippen LogP contribution < -0.4 is 10.6 Å². The van der Waals surface area contributed by atoms with Gasteiger partial charge in [0.25, 0.3) is 5.89 Å². The number of imidazole rings is 1. The fourth-order valence-electron chi connectivity index (χ4n) is 3.62. The SMILES string of the molecule is Cc1ccc(NC(=O)Nc2ccc(Cn3cnc(-c4nc(-c5cccc(C)c5)no4)c3)cc2)cc1. The summed E-state index contributed by atoms with van der Waals surface area (Å²) in [5.41, 5.74) is 6.30. The maximum absolute atomic E-state index is 12.2. The Kier molecular flexibility index (Phi) is 6.09. The molecule has 0 aliphatic heterocycles. The lowest BCUT2D eigenvalue weighted by Gasteiger charge is -2.09. The lowest BCUT2D eigenvalue weighted by atomic mass is 10.1. The van der Waals surface area contributed by atoms with E-state index in [4.69, 9.17) is 4.52 Å². The van der Waals surface area contributed by atoms with Crippen LogP contribution in [-0.2, 0) is 6.54 Å². The second kappa shape index (κ2) is 9.64. The first-order chi connectivity index (χ1) is 17.0. The highest BCUT2D eigenvalue weighted by atomic mass is 16.5. The Morgan fingerprint density at radius 3 is 2.34 bits per heavy atom. The van der Waals surface area contributed by atoms with Crippen molar-refractivity contribution in [2.45, 2.75) is 20.4 Å². The van der Waals surface area contributed by atoms with Gasteiger partial charge in [0.2, 0.25) is 5.82 Å². The predicted octanol–water partition coefficient (Wildman–Crippen LogP) is 5.91. The first-order valence-electron chi connectivity index (χ1n) is 11.2. The van der Waals surface area contributed by atoms with E-state index in [0.717, 1.165) is 27.9 Å². The Balaban J connectivity index is 1.20. The molecular formula is C27H24N6O2. The molecule has 0 radical (unpaired) electrons. The van der Waals surface area contributed by atoms with Crippen LogP contribution in [0.2, 0.25) is 0 Å². The minimum absolute atomic E-state index is 0.287. The van der Waals surface area contributed by atoms with Gasteiger partial charge in [0, 0.05) is 29.7 Å². The number of anilines is 2. The van der Waals surface area contributed by atoms with Crippen LogP contribution in [0.4, 0.5) is 16.2 Å². The molecular weight excluding hydrogens is 440 g/mol. The van der Waals surface area contributed by atoms with E-state index in [1.807, 2.05) is 97.4 Å². The summed E-state index contributed by atoms with van der Waals surface area (Å²) in [5.74, 6) is 0.909. The summed E-state index contributed by atoms with van der Waals surface area (Å²) in [6.07, 6.45) is 3.60. The molecule has 0 fully saturated rings. The summed E-state index contributed by atoms with van der Waals surface area (Å²) in [6, 6.07) is 23.0. The van der Waals surface area contributed by atoms with E-state index >= 15 is 0 Å². The number of urea groups is 1. The van der Waals surface area contributed by atoms with Crippen molar-refractivity contribution in [3.05, 3.63) is 102 Å². The van der Waals surface area contributed by atoms with Gasteiger partial charge in [0.1, 0.15) is 5.69 Å². The van der Waals surface area contributed by atoms with Crippen molar-refractivity contribution in [1.29, 1.82) is 0 Å². The van der Waals surface area contributed by atoms with Gasteiger partial charge in [0.05, 0.1) is 6.33 Å². The molecule has 0 aliphatic carbocycles. The van der Waals surface area contributed by atoms with E-state index in [1.165, 1.54) is 0 Å². The number of aromatic nitrogens is 4. The number of rotatable bonds is 6. The third-order valence-corrected chi connectivity index (χ3v) is 5.44. The van der Waals surface area contributed by atoms with Gasteiger partial charge in [0.15, 0.2) is 0 Å². The quantitative estimate of drug-likeness (QED) is 0.326. The van der Waals surface area contributed by atoms with Crippen LogP contribution in [0.5, 0.6) is 0 Å². The Morgan fingerprint density at radius 1 is 0.914 bits per heavy atom. The first-order valence-corrected chi connectivity index (χ1v) is 11.2. The van der Waals surface area contributed by atoms with E-state index in [-0.39, 0.29) is 6.03 Å². The van der Waals surface area contributed by atoms with Gasteiger partial charge in [-0.3, -0.25) is 0 Å². The zero-order valence-electron chi connectivity index (χ0n) is 19.4. The van der Waals surface area contributed by atoms with Gasteiger partial charge in [-0.05, 0) is 49.7 Å². The number of hydrogen-bond acceptors (Lipinski definition) is 5. The predicted molar refractivity (Wildman–Crippen MR) is 135 cm³/mol. The lowest BCUT2D eigenvalue weighted by molar-refractivity contribution is 0.262. The van der Waals surface area contributed by atoms with Crippen molar-refractivity contribution in [1.82, 2.24) is 19.7 Å². The summed E-state index contributed by atoms with van der Waals surface area (Å²) < 4.78 is 7.37. The molecule has 8 heteroatoms. The number of carbonyl (C=O) groups excluding carboxylic acids is 1. The van der Waals surface area contributed by atoms with Crippen molar-refractivity contribution in [2.75, 3.05) is 10.6 Å². The van der Waals surface area contributed by atoms with Gasteiger partial charge < -0.3 is 19.7 Å². The third-order valence-electron chi connectivity index (χ3n) is 5.44. The van der Waals surface area contributed by atoms with E-state index in [2.05, 4.69) is 25.8 Å². The molecule has 2 heterocycles. The van der Waals surface area contributed by atoms with Crippen molar-refractivity contribution in [3.8, 4) is 23.0 Å². The van der Waals surface area contributed by atoms with Crippen LogP contribution in [0.25, 0.3) is 23.0 Å². The van der Waals surface area contributed by atoms with E-state index < -0.39 is 0 Å². The second-order valence-corrected chi connectivity index (χ2v) is 8.37. The molecule has 0 bridgehead atoms. The molecule has 0 aliphatic rings. The zero-order chi connectivity index (χ0) is 24.2. The topological polar surface area (TPSA) is 97.9 Å². The molecule has 0 saturated carbocycles. The second-order valence-electron chi connectivity index (χ2n) is 8.37. The Hall–Kier alpha value is -4.72. The fourth-order valence-corrected chi connectivity index (χ4v) is 3.62. The van der Waals surface area contributed by atoms with Gasteiger partial charge >= 0.3 is 6.03 Å². The minimum Gasteiger partial charge on any atom is -0.332 e. The Morgan fingerprint density at radius 2 is 1.63 bits per heavy atom. The first kappa shape index (κ1) is 22.1. The molecule has 8 nitrogen and oxygen atoms in total. The highest BCUT2D eigenvalue weighted by Gasteiger charge is 2.13. The van der Waals surface area contributed by atoms with Crippen molar-refractivity contribution in [3.63, 3.8) is 0 Å². The minimum atomic E-state index is -0.287. The molecule has 174 valence electrons. The summed E-state index contributed by atoms with van der Waals surface area (Å²) in [5, 5.41) is 9.75. The summed E-state index contributed by atoms with van der Waals surface area (Å²) in [7, 11) is 0. The lowest BCUT2D eigenvalue weighted by Crippen LogP contribution is -2.19. The monoisotopic (exact) mass is 464 g/mol. The zero-order valence-corrected chi connectivity index (χ0v) is 19.4. The van der Waals surface area contributed by atoms with Crippen LogP contribution in [0, 0.1) is 13.8 Å². The number of nitrogens with zero attached hydrogens (tertiary/aromatic N) is 4. The summed E-state index contributed by atoms with van der Waals surface area (Å²) in [6.45, 7) is 4.64. The number of aryl methyl sites for hydroxylation is 2. The fraction of sp³-hybridized carbons (Fsp3) is 0.111. The smallest absolute Gasteiger partial charge is 0.323 e. The highest BCUT2D eigenvalue weighted by molar-refractivity contribution is 5.99. The highest BCUT2D eigenvalue weighted by Crippen LogP contribution is 2.22. The molecule has 3 aromatic carbocycles. The van der Waals surface area contributed by atoms with Crippen molar-refractivity contribution in [2.24, 2.45) is 0 Å². The molecule has 0 unspecified atom stereocenters. The molecule has 2 amide bonds. The van der Waals surface area contributed by atoms with Crippen LogP contribution in [0.15, 0.2) is 89.8 Å². The summed E-state index contributed by atoms with van der Waals surface area (Å²) >= 11 is 0. The maximum Gasteiger partial charge on any atom is 0.323 e. The van der Waals surface area contributed by atoms with Crippen LogP contribution in [0.1, 0.15) is 16.7 Å². The number of hydrogen-bond donors (Lipinski definition) is 2. The van der Waals surface area contributed by atoms with E-state index in [9.17, 15) is 4.79 Å². The van der Waals surface area contributed by atoms with Crippen LogP contribution >= 0.6 is 0 Å². The van der Waals surface area contributed by atoms with Crippen molar-refractivity contribution >= 4 is 17.4 Å². The number of nitrogens with one attached hydrogen (secondary N) is 2. The summed E-state index contributed by atoms with van der Waals surface area (Å²) in [4.78, 5) is 21.1. The average Bonchev–Trinajstić information content (AvgIpc) is 3.52. The van der Waals surface area contributed by atoms with Crippen molar-refractivity contribution < 1.29 is 9.32 Å². The Labute approximate surface area is 202 Å². The number of benzene rings is 3. The number of carbonyl (C=O) groups is 1. The van der Waals surface area contributed by atoms with E-state index in [1.54, 1.807) is 6.33 Å². The maximum atomic E-state index is 12.2. The molecule has 0 atom stereocenters. The molecule has 2 N–H and O–H groups in total. The van der Waals surface area contributed by atoms with Gasteiger partial charge in [-0.15, -0.1) is 0 Å². The number of amides is 2. The van der Waals surface area contributed by atoms with Crippen LogP contribution in [0.3, 0.4) is 0 Å². The van der Waals surface area contributed by atoms with E-state index in [0.29, 0.717) is 29.6 Å². The average molecular weight is 465 g/mol. The molecule has 0 spiro atoms. The van der Waals surface area contributed by atoms with Gasteiger partial charge in [-0.1, -0.05) is 58.7 Å². The normalized spacial score (nSPS) is 10.8. The molecule has 35 heavy (non-hydrogen) atoms. The largest absolute Gasteiger partial charge is 0.332 e. The molecule has 0 saturated heterocycles.